The van der Waals surface area contributed by atoms with Crippen molar-refractivity contribution in [1.29, 1.82) is 0 Å². The average molecular weight is 269 g/mol. The minimum atomic E-state index is 0.216. The van der Waals surface area contributed by atoms with Crippen LogP contribution in [0.1, 0.15) is 47.5 Å². The first-order chi connectivity index (χ1) is 8.65. The molecule has 2 unspecified atom stereocenters. The molecule has 114 valence electrons. The van der Waals surface area contributed by atoms with Crippen LogP contribution in [-0.4, -0.2) is 61.7 Å². The molecule has 3 nitrogen and oxygen atoms in total. The highest BCUT2D eigenvalue weighted by molar-refractivity contribution is 4.88. The molecule has 1 fully saturated rings. The molecule has 0 spiro atoms. The molecule has 0 amide bonds. The van der Waals surface area contributed by atoms with Crippen LogP contribution in [0.15, 0.2) is 0 Å². The Kier molecular flexibility index (Phi) is 5.84. The quantitative estimate of drug-likeness (QED) is 0.799. The van der Waals surface area contributed by atoms with Gasteiger partial charge in [0.1, 0.15) is 0 Å². The van der Waals surface area contributed by atoms with Crippen LogP contribution in [0, 0.1) is 5.41 Å². The fraction of sp³-hybridized carbons (Fsp3) is 1.00. The molecule has 0 aromatic carbocycles. The van der Waals surface area contributed by atoms with Gasteiger partial charge in [0.25, 0.3) is 0 Å². The summed E-state index contributed by atoms with van der Waals surface area (Å²) in [6.45, 7) is 16.3. The van der Waals surface area contributed by atoms with Crippen molar-refractivity contribution < 1.29 is 0 Å². The zero-order valence-electron chi connectivity index (χ0n) is 14.2. The van der Waals surface area contributed by atoms with E-state index in [-0.39, 0.29) is 5.54 Å². The Morgan fingerprint density at radius 2 is 1.84 bits per heavy atom. The van der Waals surface area contributed by atoms with Crippen molar-refractivity contribution >= 4 is 0 Å². The summed E-state index contributed by atoms with van der Waals surface area (Å²) >= 11 is 0. The van der Waals surface area contributed by atoms with Crippen LogP contribution in [-0.2, 0) is 0 Å². The molecule has 1 N–H and O–H groups in total. The van der Waals surface area contributed by atoms with Crippen LogP contribution in [0.2, 0.25) is 0 Å². The minimum Gasteiger partial charge on any atom is -0.311 e. The molecule has 0 aromatic rings. The summed E-state index contributed by atoms with van der Waals surface area (Å²) in [7, 11) is 4.41. The molecule has 0 saturated carbocycles. The molecule has 0 aliphatic carbocycles. The van der Waals surface area contributed by atoms with Crippen molar-refractivity contribution in [2.45, 2.75) is 59.0 Å². The monoisotopic (exact) mass is 269 g/mol. The van der Waals surface area contributed by atoms with Crippen molar-refractivity contribution in [3.8, 4) is 0 Å². The Morgan fingerprint density at radius 3 is 2.26 bits per heavy atom. The molecule has 0 bridgehead atoms. The third-order valence-electron chi connectivity index (χ3n) is 4.48. The lowest BCUT2D eigenvalue weighted by Crippen LogP contribution is -2.47. The lowest BCUT2D eigenvalue weighted by Gasteiger charge is -2.36. The summed E-state index contributed by atoms with van der Waals surface area (Å²) in [5.74, 6) is 0. The number of hydrogen-bond acceptors (Lipinski definition) is 3. The third kappa shape index (κ3) is 5.80. The third-order valence-corrected chi connectivity index (χ3v) is 4.48. The lowest BCUT2D eigenvalue weighted by molar-refractivity contribution is 0.159. The number of hydrogen-bond donors (Lipinski definition) is 1. The van der Waals surface area contributed by atoms with E-state index in [2.05, 4.69) is 63.8 Å². The Morgan fingerprint density at radius 1 is 1.21 bits per heavy atom. The number of nitrogens with one attached hydrogen (secondary N) is 1. The van der Waals surface area contributed by atoms with Crippen molar-refractivity contribution in [3.63, 3.8) is 0 Å². The van der Waals surface area contributed by atoms with E-state index < -0.39 is 0 Å². The van der Waals surface area contributed by atoms with Gasteiger partial charge in [0.05, 0.1) is 0 Å². The molecule has 1 aliphatic rings. The summed E-state index contributed by atoms with van der Waals surface area (Å²) in [5, 5.41) is 3.68. The van der Waals surface area contributed by atoms with Gasteiger partial charge in [-0.15, -0.1) is 0 Å². The minimum absolute atomic E-state index is 0.216. The summed E-state index contributed by atoms with van der Waals surface area (Å²) < 4.78 is 0. The lowest BCUT2D eigenvalue weighted by atomic mass is 9.86. The number of likely N-dealkylation sites (N-methyl/N-ethyl adjacent to an activating group) is 1. The van der Waals surface area contributed by atoms with Crippen molar-refractivity contribution in [1.82, 2.24) is 15.1 Å². The Labute approximate surface area is 120 Å². The maximum absolute atomic E-state index is 3.68. The smallest absolute Gasteiger partial charge is 0.0229 e. The second-order valence-corrected chi connectivity index (χ2v) is 7.91. The molecule has 2 atom stereocenters. The van der Waals surface area contributed by atoms with E-state index in [1.54, 1.807) is 0 Å². The summed E-state index contributed by atoms with van der Waals surface area (Å²) in [6, 6.07) is 0.747. The van der Waals surface area contributed by atoms with E-state index in [1.165, 1.54) is 32.5 Å². The summed E-state index contributed by atoms with van der Waals surface area (Å²) in [6.07, 6.45) is 2.55. The molecule has 1 saturated heterocycles. The van der Waals surface area contributed by atoms with Gasteiger partial charge in [0, 0.05) is 31.2 Å². The van der Waals surface area contributed by atoms with E-state index in [1.807, 2.05) is 0 Å². The van der Waals surface area contributed by atoms with Crippen LogP contribution in [0.3, 0.4) is 0 Å². The second-order valence-electron chi connectivity index (χ2n) is 7.91. The van der Waals surface area contributed by atoms with E-state index in [0.29, 0.717) is 5.41 Å². The molecule has 3 heteroatoms. The fourth-order valence-electron chi connectivity index (χ4n) is 2.69. The average Bonchev–Trinajstić information content (AvgIpc) is 2.74. The van der Waals surface area contributed by atoms with Crippen molar-refractivity contribution in [2.24, 2.45) is 5.41 Å². The molecule has 19 heavy (non-hydrogen) atoms. The topological polar surface area (TPSA) is 18.5 Å². The molecular formula is C16H35N3. The van der Waals surface area contributed by atoms with Gasteiger partial charge in [-0.2, -0.15) is 0 Å². The summed E-state index contributed by atoms with van der Waals surface area (Å²) in [5.41, 5.74) is 0.599. The largest absolute Gasteiger partial charge is 0.311 e. The molecule has 0 radical (unpaired) electrons. The predicted molar refractivity (Wildman–Crippen MR) is 84.7 cm³/mol. The van der Waals surface area contributed by atoms with Gasteiger partial charge in [-0.25, -0.2) is 0 Å². The fourth-order valence-corrected chi connectivity index (χ4v) is 2.69. The van der Waals surface area contributed by atoms with E-state index in [9.17, 15) is 0 Å². The van der Waals surface area contributed by atoms with E-state index in [0.717, 1.165) is 12.6 Å². The normalized spacial score (nSPS) is 24.9. The molecule has 1 heterocycles. The van der Waals surface area contributed by atoms with Gasteiger partial charge in [0.15, 0.2) is 0 Å². The van der Waals surface area contributed by atoms with Gasteiger partial charge < -0.3 is 15.1 Å². The van der Waals surface area contributed by atoms with Gasteiger partial charge in [-0.3, -0.25) is 0 Å². The SMILES string of the molecule is CCC(C)(CNC(C)(C)C)CN1CCC(N(C)C)C1. The number of rotatable bonds is 6. The Hall–Kier alpha value is -0.120. The van der Waals surface area contributed by atoms with E-state index >= 15 is 0 Å². The van der Waals surface area contributed by atoms with E-state index in [4.69, 9.17) is 0 Å². The first-order valence-corrected chi connectivity index (χ1v) is 7.79. The first-order valence-electron chi connectivity index (χ1n) is 7.79. The predicted octanol–water partition coefficient (Wildman–Crippen LogP) is 2.43. The Balaban J connectivity index is 2.47. The highest BCUT2D eigenvalue weighted by atomic mass is 15.2. The van der Waals surface area contributed by atoms with Crippen LogP contribution < -0.4 is 5.32 Å². The highest BCUT2D eigenvalue weighted by Gasteiger charge is 2.31. The highest BCUT2D eigenvalue weighted by Crippen LogP contribution is 2.25. The number of nitrogens with zero attached hydrogens (tertiary/aromatic N) is 2. The van der Waals surface area contributed by atoms with Crippen LogP contribution in [0.4, 0.5) is 0 Å². The van der Waals surface area contributed by atoms with Gasteiger partial charge >= 0.3 is 0 Å². The van der Waals surface area contributed by atoms with Gasteiger partial charge in [0.2, 0.25) is 0 Å². The maximum atomic E-state index is 3.68. The zero-order chi connectivity index (χ0) is 14.7. The number of likely N-dealkylation sites (tertiary alicyclic amines) is 1. The van der Waals surface area contributed by atoms with Crippen LogP contribution >= 0.6 is 0 Å². The summed E-state index contributed by atoms with van der Waals surface area (Å²) in [4.78, 5) is 5.02. The van der Waals surface area contributed by atoms with Crippen molar-refractivity contribution in [2.75, 3.05) is 40.3 Å². The molecule has 1 aliphatic heterocycles. The first kappa shape index (κ1) is 16.9. The second kappa shape index (κ2) is 6.55. The standard InChI is InChI=1S/C16H35N3/c1-8-16(5,12-17-15(2,3)4)13-19-10-9-14(11-19)18(6)7/h14,17H,8-13H2,1-7H3. The molecule has 1 rings (SSSR count). The van der Waals surface area contributed by atoms with Gasteiger partial charge in [-0.05, 0) is 59.7 Å². The van der Waals surface area contributed by atoms with Crippen LogP contribution in [0.25, 0.3) is 0 Å². The van der Waals surface area contributed by atoms with Crippen molar-refractivity contribution in [3.05, 3.63) is 0 Å². The molecular weight excluding hydrogens is 234 g/mol. The molecule has 0 aromatic heterocycles. The maximum Gasteiger partial charge on any atom is 0.0229 e. The van der Waals surface area contributed by atoms with Gasteiger partial charge in [-0.1, -0.05) is 13.8 Å². The van der Waals surface area contributed by atoms with Crippen LogP contribution in [0.5, 0.6) is 0 Å². The Bertz CT molecular complexity index is 270. The zero-order valence-corrected chi connectivity index (χ0v) is 14.2.